The van der Waals surface area contributed by atoms with Crippen molar-refractivity contribution in [1.29, 1.82) is 0 Å². The quantitative estimate of drug-likeness (QED) is 0.400. The number of rotatable bonds is 7. The Kier molecular flexibility index (Phi) is 6.86. The fraction of sp³-hybridized carbons (Fsp3) is 0.185. The van der Waals surface area contributed by atoms with E-state index in [0.717, 1.165) is 13.1 Å². The van der Waals surface area contributed by atoms with Crippen LogP contribution in [0.3, 0.4) is 0 Å². The predicted octanol–water partition coefficient (Wildman–Crippen LogP) is 7.18. The lowest BCUT2D eigenvalue weighted by Gasteiger charge is -2.23. The van der Waals surface area contributed by atoms with Gasteiger partial charge in [0.2, 0.25) is 0 Å². The molecule has 0 saturated carbocycles. The number of anilines is 1. The maximum atomic E-state index is 2.39. The summed E-state index contributed by atoms with van der Waals surface area (Å²) in [4.78, 5) is 2.39. The third-order valence-electron chi connectivity index (χ3n) is 5.08. The molecule has 0 atom stereocenters. The number of hydrogen-bond acceptors (Lipinski definition) is 1. The highest BCUT2D eigenvalue weighted by Gasteiger charge is 2.05. The number of benzene rings is 3. The summed E-state index contributed by atoms with van der Waals surface area (Å²) in [6, 6.07) is 25.7. The van der Waals surface area contributed by atoms with Crippen molar-refractivity contribution < 1.29 is 0 Å². The molecule has 0 aliphatic carbocycles. The van der Waals surface area contributed by atoms with E-state index in [1.807, 2.05) is 0 Å². The summed E-state index contributed by atoms with van der Waals surface area (Å²) in [5.41, 5.74) is 7.53. The van der Waals surface area contributed by atoms with Gasteiger partial charge in [0.15, 0.2) is 0 Å². The Morgan fingerprint density at radius 3 is 1.68 bits per heavy atom. The molecule has 0 saturated heterocycles. The van der Waals surface area contributed by atoms with Gasteiger partial charge in [-0.05, 0) is 54.7 Å². The predicted molar refractivity (Wildman–Crippen MR) is 125 cm³/mol. The van der Waals surface area contributed by atoms with Crippen molar-refractivity contribution in [2.24, 2.45) is 0 Å². The van der Waals surface area contributed by atoms with Crippen molar-refractivity contribution >= 4 is 30.0 Å². The van der Waals surface area contributed by atoms with Crippen LogP contribution < -0.4 is 4.90 Å². The molecule has 0 aromatic heterocycles. The van der Waals surface area contributed by atoms with Gasteiger partial charge in [0.1, 0.15) is 0 Å². The maximum Gasteiger partial charge on any atom is 0.0439 e. The minimum absolute atomic E-state index is 1.02. The molecule has 3 aromatic rings. The highest BCUT2D eigenvalue weighted by molar-refractivity contribution is 5.78. The van der Waals surface area contributed by atoms with E-state index in [4.69, 9.17) is 0 Å². The molecule has 0 N–H and O–H groups in total. The van der Waals surface area contributed by atoms with Crippen LogP contribution in [-0.4, -0.2) is 13.1 Å². The molecular formula is C27H29N. The molecule has 3 rings (SSSR count). The highest BCUT2D eigenvalue weighted by atomic mass is 15.1. The molecule has 0 unspecified atom stereocenters. The molecule has 142 valence electrons. The summed E-state index contributed by atoms with van der Waals surface area (Å²) < 4.78 is 0. The van der Waals surface area contributed by atoms with Gasteiger partial charge in [-0.2, -0.15) is 0 Å². The normalized spacial score (nSPS) is 11.4. The summed E-state index contributed by atoms with van der Waals surface area (Å²) in [5, 5.41) is 0. The van der Waals surface area contributed by atoms with Gasteiger partial charge < -0.3 is 4.90 Å². The van der Waals surface area contributed by atoms with E-state index >= 15 is 0 Å². The van der Waals surface area contributed by atoms with Gasteiger partial charge in [-0.15, -0.1) is 0 Å². The van der Waals surface area contributed by atoms with E-state index in [1.165, 1.54) is 33.5 Å². The van der Waals surface area contributed by atoms with Crippen LogP contribution in [0, 0.1) is 6.92 Å². The smallest absolute Gasteiger partial charge is 0.0439 e. The summed E-state index contributed by atoms with van der Waals surface area (Å²) in [6.07, 6.45) is 8.76. The molecule has 3 aromatic carbocycles. The molecule has 0 amide bonds. The van der Waals surface area contributed by atoms with Gasteiger partial charge in [0.25, 0.3) is 0 Å². The second kappa shape index (κ2) is 9.75. The Morgan fingerprint density at radius 1 is 0.607 bits per heavy atom. The largest absolute Gasteiger partial charge is 0.372 e. The van der Waals surface area contributed by atoms with Crippen LogP contribution in [0.4, 0.5) is 5.69 Å². The topological polar surface area (TPSA) is 3.24 Å². The second-order valence-electron chi connectivity index (χ2n) is 6.92. The number of nitrogens with zero attached hydrogens (tertiary/aromatic N) is 1. The van der Waals surface area contributed by atoms with E-state index in [0.29, 0.717) is 0 Å². The molecule has 0 spiro atoms. The monoisotopic (exact) mass is 367 g/mol. The summed E-state index contributed by atoms with van der Waals surface area (Å²) in [7, 11) is 0. The van der Waals surface area contributed by atoms with E-state index in [9.17, 15) is 0 Å². The van der Waals surface area contributed by atoms with Gasteiger partial charge in [-0.1, -0.05) is 91.0 Å². The fourth-order valence-corrected chi connectivity index (χ4v) is 3.34. The Bertz CT molecular complexity index is 944. The first-order valence-corrected chi connectivity index (χ1v) is 10.1. The zero-order valence-corrected chi connectivity index (χ0v) is 17.1. The third kappa shape index (κ3) is 5.01. The zero-order chi connectivity index (χ0) is 19.8. The lowest BCUT2D eigenvalue weighted by molar-refractivity contribution is 0.865. The molecule has 1 heteroatoms. The van der Waals surface area contributed by atoms with Crippen LogP contribution in [0.5, 0.6) is 0 Å². The van der Waals surface area contributed by atoms with Gasteiger partial charge in [0.05, 0.1) is 0 Å². The SMILES string of the molecule is CCN(CC)c1ccccc1C=Cc1ccc(C=Cc2ccccc2C)cc1. The highest BCUT2D eigenvalue weighted by Crippen LogP contribution is 2.22. The Morgan fingerprint density at radius 2 is 1.11 bits per heavy atom. The first-order chi connectivity index (χ1) is 13.7. The van der Waals surface area contributed by atoms with Crippen molar-refractivity contribution in [3.63, 3.8) is 0 Å². The van der Waals surface area contributed by atoms with Crippen molar-refractivity contribution in [1.82, 2.24) is 0 Å². The van der Waals surface area contributed by atoms with E-state index < -0.39 is 0 Å². The molecule has 0 radical (unpaired) electrons. The van der Waals surface area contributed by atoms with Crippen molar-refractivity contribution in [2.75, 3.05) is 18.0 Å². The first-order valence-electron chi connectivity index (χ1n) is 10.1. The van der Waals surface area contributed by atoms with Gasteiger partial charge in [-0.25, -0.2) is 0 Å². The molecule has 28 heavy (non-hydrogen) atoms. The fourth-order valence-electron chi connectivity index (χ4n) is 3.34. The Balaban J connectivity index is 1.74. The van der Waals surface area contributed by atoms with Crippen LogP contribution in [0.25, 0.3) is 24.3 Å². The lowest BCUT2D eigenvalue weighted by Crippen LogP contribution is -2.22. The number of aryl methyl sites for hydroxylation is 1. The van der Waals surface area contributed by atoms with E-state index in [2.05, 4.69) is 123 Å². The first kappa shape index (κ1) is 19.7. The van der Waals surface area contributed by atoms with Crippen LogP contribution in [0.1, 0.15) is 41.7 Å². The maximum absolute atomic E-state index is 2.39. The molecular weight excluding hydrogens is 338 g/mol. The molecule has 0 aliphatic rings. The third-order valence-corrected chi connectivity index (χ3v) is 5.08. The van der Waals surface area contributed by atoms with Crippen LogP contribution in [-0.2, 0) is 0 Å². The minimum atomic E-state index is 1.02. The van der Waals surface area contributed by atoms with E-state index in [-0.39, 0.29) is 0 Å². The van der Waals surface area contributed by atoms with Gasteiger partial charge in [-0.3, -0.25) is 0 Å². The van der Waals surface area contributed by atoms with E-state index in [1.54, 1.807) is 0 Å². The van der Waals surface area contributed by atoms with Crippen molar-refractivity contribution in [2.45, 2.75) is 20.8 Å². The second-order valence-corrected chi connectivity index (χ2v) is 6.92. The standard InChI is InChI=1S/C27H29N/c1-4-28(5-2)27-13-9-8-12-26(27)21-19-24-16-14-23(15-17-24)18-20-25-11-7-6-10-22(25)3/h6-21H,4-5H2,1-3H3. The lowest BCUT2D eigenvalue weighted by atomic mass is 10.1. The van der Waals surface area contributed by atoms with Gasteiger partial charge >= 0.3 is 0 Å². The van der Waals surface area contributed by atoms with Crippen LogP contribution in [0.15, 0.2) is 72.8 Å². The van der Waals surface area contributed by atoms with Crippen molar-refractivity contribution in [3.05, 3.63) is 101 Å². The van der Waals surface area contributed by atoms with Crippen LogP contribution in [0.2, 0.25) is 0 Å². The molecule has 0 fully saturated rings. The molecule has 1 nitrogen and oxygen atoms in total. The molecule has 0 heterocycles. The Hall–Kier alpha value is -3.06. The summed E-state index contributed by atoms with van der Waals surface area (Å²) in [6.45, 7) is 8.58. The molecule has 0 aliphatic heterocycles. The average molecular weight is 368 g/mol. The average Bonchev–Trinajstić information content (AvgIpc) is 2.74. The summed E-state index contributed by atoms with van der Waals surface area (Å²) in [5.74, 6) is 0. The van der Waals surface area contributed by atoms with Gasteiger partial charge in [0, 0.05) is 18.8 Å². The van der Waals surface area contributed by atoms with Crippen LogP contribution >= 0.6 is 0 Å². The zero-order valence-electron chi connectivity index (χ0n) is 17.1. The summed E-state index contributed by atoms with van der Waals surface area (Å²) >= 11 is 0. The van der Waals surface area contributed by atoms with Crippen molar-refractivity contribution in [3.8, 4) is 0 Å². The molecule has 0 bridgehead atoms. The number of para-hydroxylation sites is 1. The number of hydrogen-bond donors (Lipinski definition) is 0. The Labute approximate surface area is 169 Å². The minimum Gasteiger partial charge on any atom is -0.372 e.